The Morgan fingerprint density at radius 3 is 1.44 bits per heavy atom. The molecule has 352 valence electrons. The Morgan fingerprint density at radius 2 is 0.902 bits per heavy atom. The molecule has 1 aliphatic rings. The predicted octanol–water partition coefficient (Wildman–Crippen LogP) is 8.94. The van der Waals surface area contributed by atoms with Crippen LogP contribution in [0.4, 0.5) is 0 Å². The van der Waals surface area contributed by atoms with Crippen LogP contribution in [0, 0.1) is 0 Å². The van der Waals surface area contributed by atoms with Crippen LogP contribution in [0.25, 0.3) is 0 Å². The molecule has 14 heteroatoms. The van der Waals surface area contributed by atoms with E-state index in [2.05, 4.69) is 62.5 Å². The van der Waals surface area contributed by atoms with Gasteiger partial charge in [0, 0.05) is 12.8 Å². The van der Waals surface area contributed by atoms with E-state index in [4.69, 9.17) is 18.5 Å². The molecule has 0 bridgehead atoms. The first-order valence-electron chi connectivity index (χ1n) is 23.1. The number of phosphoric ester groups is 1. The summed E-state index contributed by atoms with van der Waals surface area (Å²) >= 11 is 0. The van der Waals surface area contributed by atoms with Crippen molar-refractivity contribution in [2.45, 2.75) is 211 Å². The zero-order chi connectivity index (χ0) is 45.0. The van der Waals surface area contributed by atoms with Gasteiger partial charge in [-0.3, -0.25) is 18.6 Å². The van der Waals surface area contributed by atoms with E-state index < -0.39 is 75.7 Å². The Balaban J connectivity index is 2.52. The third-order valence-corrected chi connectivity index (χ3v) is 11.3. The second-order valence-electron chi connectivity index (χ2n) is 15.9. The van der Waals surface area contributed by atoms with E-state index in [0.717, 1.165) is 64.2 Å². The van der Waals surface area contributed by atoms with Gasteiger partial charge in [-0.2, -0.15) is 0 Å². The fraction of sp³-hybridized carbons (Fsp3) is 0.745. The number of hydrogen-bond donors (Lipinski definition) is 6. The molecule has 6 N–H and O–H groups in total. The van der Waals surface area contributed by atoms with Crippen molar-refractivity contribution >= 4 is 19.8 Å². The van der Waals surface area contributed by atoms with E-state index >= 15 is 0 Å². The Morgan fingerprint density at radius 1 is 0.508 bits per heavy atom. The van der Waals surface area contributed by atoms with Gasteiger partial charge in [0.25, 0.3) is 0 Å². The van der Waals surface area contributed by atoms with Crippen molar-refractivity contribution < 1.29 is 63.1 Å². The highest BCUT2D eigenvalue weighted by Gasteiger charge is 2.51. The van der Waals surface area contributed by atoms with Crippen molar-refractivity contribution in [1.82, 2.24) is 0 Å². The number of carbonyl (C=O) groups is 2. The van der Waals surface area contributed by atoms with Gasteiger partial charge in [-0.15, -0.1) is 0 Å². The molecule has 0 amide bonds. The van der Waals surface area contributed by atoms with E-state index in [1.54, 1.807) is 0 Å². The lowest BCUT2D eigenvalue weighted by molar-refractivity contribution is -0.220. The normalized spacial score (nSPS) is 22.6. The number of rotatable bonds is 37. The highest BCUT2D eigenvalue weighted by molar-refractivity contribution is 7.47. The lowest BCUT2D eigenvalue weighted by Crippen LogP contribution is -2.64. The molecule has 0 radical (unpaired) electrons. The lowest BCUT2D eigenvalue weighted by atomic mass is 9.85. The monoisotopic (exact) mass is 885 g/mol. The van der Waals surface area contributed by atoms with Crippen LogP contribution < -0.4 is 0 Å². The van der Waals surface area contributed by atoms with Gasteiger partial charge in [0.2, 0.25) is 0 Å². The zero-order valence-electron chi connectivity index (χ0n) is 37.2. The van der Waals surface area contributed by atoms with Gasteiger partial charge >= 0.3 is 19.8 Å². The minimum Gasteiger partial charge on any atom is -0.462 e. The SMILES string of the molecule is CCCCC/C=C/C/C=C/C/C=C/C/C=C/CCCC(=O)O[C@H](COC(=O)CCCCCCC/C=C/CCCCCCCC)COP(=O)(O)OC1C(O)C(O)C(O)[C@H](O)C1O. The Labute approximate surface area is 366 Å². The van der Waals surface area contributed by atoms with E-state index in [0.29, 0.717) is 19.3 Å². The molecular weight excluding hydrogens is 803 g/mol. The smallest absolute Gasteiger partial charge is 0.462 e. The highest BCUT2D eigenvalue weighted by atomic mass is 31.2. The van der Waals surface area contributed by atoms with Crippen molar-refractivity contribution in [3.8, 4) is 0 Å². The van der Waals surface area contributed by atoms with Crippen molar-refractivity contribution in [3.63, 3.8) is 0 Å². The van der Waals surface area contributed by atoms with Gasteiger partial charge in [0.15, 0.2) is 6.10 Å². The number of esters is 2. The maximum atomic E-state index is 12.8. The summed E-state index contributed by atoms with van der Waals surface area (Å²) in [6.45, 7) is 3.20. The van der Waals surface area contributed by atoms with Gasteiger partial charge in [-0.05, 0) is 77.0 Å². The topological polar surface area (TPSA) is 210 Å². The third kappa shape index (κ3) is 29.5. The highest BCUT2D eigenvalue weighted by Crippen LogP contribution is 2.47. The summed E-state index contributed by atoms with van der Waals surface area (Å²) in [5.74, 6) is -1.18. The van der Waals surface area contributed by atoms with Crippen molar-refractivity contribution in [3.05, 3.63) is 60.8 Å². The van der Waals surface area contributed by atoms with E-state index in [1.165, 1.54) is 57.8 Å². The van der Waals surface area contributed by atoms with Crippen LogP contribution in [0.5, 0.6) is 0 Å². The molecular formula is C47H81O13P. The first kappa shape index (κ1) is 56.6. The average Bonchev–Trinajstić information content (AvgIpc) is 3.24. The Kier molecular flexibility index (Phi) is 34.3. The fourth-order valence-corrected chi connectivity index (χ4v) is 7.54. The van der Waals surface area contributed by atoms with Gasteiger partial charge in [-0.1, -0.05) is 139 Å². The van der Waals surface area contributed by atoms with Crippen LogP contribution in [0.15, 0.2) is 60.8 Å². The molecule has 6 unspecified atom stereocenters. The van der Waals surface area contributed by atoms with Gasteiger partial charge in [-0.25, -0.2) is 4.57 Å². The molecule has 0 aliphatic heterocycles. The first-order chi connectivity index (χ1) is 29.4. The summed E-state index contributed by atoms with van der Waals surface area (Å²) in [4.78, 5) is 35.7. The largest absolute Gasteiger partial charge is 0.472 e. The van der Waals surface area contributed by atoms with Crippen molar-refractivity contribution in [1.29, 1.82) is 0 Å². The second-order valence-corrected chi connectivity index (χ2v) is 17.3. The summed E-state index contributed by atoms with van der Waals surface area (Å²) in [6, 6.07) is 0. The van der Waals surface area contributed by atoms with Crippen LogP contribution in [-0.2, 0) is 32.7 Å². The molecule has 1 fully saturated rings. The fourth-order valence-electron chi connectivity index (χ4n) is 6.57. The van der Waals surface area contributed by atoms with Crippen LogP contribution in [0.1, 0.15) is 168 Å². The van der Waals surface area contributed by atoms with E-state index in [9.17, 15) is 44.6 Å². The predicted molar refractivity (Wildman–Crippen MR) is 239 cm³/mol. The van der Waals surface area contributed by atoms with Crippen LogP contribution in [0.2, 0.25) is 0 Å². The third-order valence-electron chi connectivity index (χ3n) is 10.3. The number of hydrogen-bond acceptors (Lipinski definition) is 12. The average molecular weight is 885 g/mol. The molecule has 1 rings (SSSR count). The summed E-state index contributed by atoms with van der Waals surface area (Å²) in [5, 5.41) is 50.1. The summed E-state index contributed by atoms with van der Waals surface area (Å²) in [5.41, 5.74) is 0. The zero-order valence-corrected chi connectivity index (χ0v) is 38.1. The quantitative estimate of drug-likeness (QED) is 0.0149. The standard InChI is InChI=1S/C47H81O13P/c1-3-5-7-9-11-13-15-17-19-20-22-24-26-28-30-32-34-36-41(49)59-39(38-58-61(55,56)60-47-45(53)43(51)42(50)44(52)46(47)54)37-57-40(48)35-33-31-29-27-25-23-21-18-16-14-12-10-8-6-4-2/h11,13,17-19,21-22,24,28,30,39,42-47,50-54H,3-10,12,14-16,20,23,25-27,29,31-38H2,1-2H3,(H,55,56)/b13-11+,19-17+,21-18+,24-22+,30-28+/t39-,42?,43+,44?,45?,46?,47?/m1/s1. The van der Waals surface area contributed by atoms with Crippen molar-refractivity contribution in [2.24, 2.45) is 0 Å². The maximum Gasteiger partial charge on any atom is 0.472 e. The van der Waals surface area contributed by atoms with Crippen LogP contribution in [0.3, 0.4) is 0 Å². The Bertz CT molecular complexity index is 1300. The van der Waals surface area contributed by atoms with Gasteiger partial charge in [0.05, 0.1) is 6.61 Å². The summed E-state index contributed by atoms with van der Waals surface area (Å²) < 4.78 is 33.4. The van der Waals surface area contributed by atoms with Gasteiger partial charge in [0.1, 0.15) is 43.2 Å². The molecule has 0 aromatic heterocycles. The minimum absolute atomic E-state index is 0.0171. The summed E-state index contributed by atoms with van der Waals surface area (Å²) in [6.07, 6.45) is 31.4. The van der Waals surface area contributed by atoms with E-state index in [-0.39, 0.29) is 12.8 Å². The molecule has 0 spiro atoms. The molecule has 0 aromatic carbocycles. The summed E-state index contributed by atoms with van der Waals surface area (Å²) in [7, 11) is -5.14. The maximum absolute atomic E-state index is 12.8. The minimum atomic E-state index is -5.14. The van der Waals surface area contributed by atoms with E-state index in [1.807, 2.05) is 12.2 Å². The van der Waals surface area contributed by atoms with Crippen LogP contribution >= 0.6 is 7.82 Å². The van der Waals surface area contributed by atoms with Crippen LogP contribution in [-0.4, -0.2) is 98.3 Å². The number of phosphoric acid groups is 1. The number of unbranched alkanes of at least 4 members (excludes halogenated alkanes) is 15. The molecule has 61 heavy (non-hydrogen) atoms. The number of aliphatic hydroxyl groups excluding tert-OH is 5. The molecule has 0 heterocycles. The molecule has 8 atom stereocenters. The molecule has 13 nitrogen and oxygen atoms in total. The number of ether oxygens (including phenoxy) is 2. The number of carbonyl (C=O) groups excluding carboxylic acids is 2. The number of aliphatic hydroxyl groups is 5. The second kappa shape index (κ2) is 37.0. The number of allylic oxidation sites excluding steroid dienone is 10. The molecule has 1 aliphatic carbocycles. The first-order valence-corrected chi connectivity index (χ1v) is 24.6. The van der Waals surface area contributed by atoms with Gasteiger partial charge < -0.3 is 39.9 Å². The molecule has 0 saturated heterocycles. The molecule has 0 aromatic rings. The Hall–Kier alpha value is -2.45. The molecule has 1 saturated carbocycles. The lowest BCUT2D eigenvalue weighted by Gasteiger charge is -2.41. The van der Waals surface area contributed by atoms with Crippen molar-refractivity contribution in [2.75, 3.05) is 13.2 Å².